The molecule has 0 spiro atoms. The van der Waals surface area contributed by atoms with Crippen molar-refractivity contribution < 1.29 is 9.47 Å². The van der Waals surface area contributed by atoms with E-state index in [-0.39, 0.29) is 24.0 Å². The molecule has 28 heavy (non-hydrogen) atoms. The average Bonchev–Trinajstić information content (AvgIpc) is 2.71. The Bertz CT molecular complexity index is 565. The topological polar surface area (TPSA) is 58.1 Å². The first-order valence-corrected chi connectivity index (χ1v) is 10.2. The van der Waals surface area contributed by atoms with Gasteiger partial charge in [-0.3, -0.25) is 4.90 Å². The Morgan fingerprint density at radius 2 is 2.04 bits per heavy atom. The van der Waals surface area contributed by atoms with Crippen LogP contribution in [0.3, 0.4) is 0 Å². The van der Waals surface area contributed by atoms with Gasteiger partial charge in [-0.2, -0.15) is 0 Å². The first-order valence-electron chi connectivity index (χ1n) is 10.2. The number of halogens is 1. The van der Waals surface area contributed by atoms with Crippen molar-refractivity contribution in [3.63, 3.8) is 0 Å². The van der Waals surface area contributed by atoms with Gasteiger partial charge in [0, 0.05) is 38.9 Å². The van der Waals surface area contributed by atoms with Gasteiger partial charge in [0.1, 0.15) is 12.4 Å². The fraction of sp³-hybridized carbons (Fsp3) is 0.667. The first-order chi connectivity index (χ1) is 13.2. The smallest absolute Gasteiger partial charge is 0.191 e. The Morgan fingerprint density at radius 1 is 1.25 bits per heavy atom. The van der Waals surface area contributed by atoms with E-state index in [2.05, 4.69) is 53.6 Å². The summed E-state index contributed by atoms with van der Waals surface area (Å²) < 4.78 is 11.4. The summed E-state index contributed by atoms with van der Waals surface area (Å²) in [6, 6.07) is 8.84. The third-order valence-corrected chi connectivity index (χ3v) is 4.73. The summed E-state index contributed by atoms with van der Waals surface area (Å²) in [6.07, 6.45) is 3.31. The lowest BCUT2D eigenvalue weighted by Gasteiger charge is -2.31. The highest BCUT2D eigenvalue weighted by Crippen LogP contribution is 2.15. The molecule has 6 nitrogen and oxygen atoms in total. The van der Waals surface area contributed by atoms with Crippen LogP contribution >= 0.6 is 24.0 Å². The molecule has 1 fully saturated rings. The molecule has 1 heterocycles. The predicted molar refractivity (Wildman–Crippen MR) is 127 cm³/mol. The van der Waals surface area contributed by atoms with Gasteiger partial charge in [-0.25, -0.2) is 4.99 Å². The Labute approximate surface area is 187 Å². The van der Waals surface area contributed by atoms with E-state index in [9.17, 15) is 0 Å². The molecule has 0 aliphatic carbocycles. The zero-order valence-electron chi connectivity index (χ0n) is 17.6. The van der Waals surface area contributed by atoms with Crippen molar-refractivity contribution in [1.82, 2.24) is 15.5 Å². The van der Waals surface area contributed by atoms with Crippen LogP contribution in [-0.4, -0.2) is 63.4 Å². The summed E-state index contributed by atoms with van der Waals surface area (Å²) in [4.78, 5) is 7.04. The van der Waals surface area contributed by atoms with Crippen molar-refractivity contribution in [2.75, 3.05) is 46.5 Å². The maximum atomic E-state index is 5.97. The summed E-state index contributed by atoms with van der Waals surface area (Å²) in [7, 11) is 2.18. The molecule has 0 radical (unpaired) electrons. The van der Waals surface area contributed by atoms with Crippen molar-refractivity contribution >= 4 is 29.9 Å². The van der Waals surface area contributed by atoms with Crippen molar-refractivity contribution in [2.45, 2.75) is 45.7 Å². The van der Waals surface area contributed by atoms with Gasteiger partial charge in [-0.1, -0.05) is 19.1 Å². The van der Waals surface area contributed by atoms with Gasteiger partial charge >= 0.3 is 0 Å². The van der Waals surface area contributed by atoms with E-state index in [1.807, 2.05) is 12.1 Å². The fourth-order valence-electron chi connectivity index (χ4n) is 3.11. The minimum atomic E-state index is 0. The summed E-state index contributed by atoms with van der Waals surface area (Å²) in [6.45, 7) is 10.0. The molecule has 0 aromatic heterocycles. The second-order valence-electron chi connectivity index (χ2n) is 6.94. The second-order valence-corrected chi connectivity index (χ2v) is 6.94. The number of benzene rings is 1. The highest BCUT2D eigenvalue weighted by atomic mass is 127. The highest BCUT2D eigenvalue weighted by Gasteiger charge is 2.17. The summed E-state index contributed by atoms with van der Waals surface area (Å²) in [5, 5.41) is 6.60. The molecule has 1 aliphatic heterocycles. The molecule has 1 aromatic carbocycles. The Balaban J connectivity index is 0.00000392. The molecule has 0 saturated carbocycles. The number of rotatable bonds is 10. The van der Waals surface area contributed by atoms with Crippen LogP contribution in [0.5, 0.6) is 5.75 Å². The molecular formula is C21H37IN4O2. The summed E-state index contributed by atoms with van der Waals surface area (Å²) in [5.41, 5.74) is 1.15. The Morgan fingerprint density at radius 3 is 2.75 bits per heavy atom. The number of likely N-dealkylation sites (N-methyl/N-ethyl adjacent to an activating group) is 1. The number of nitrogens with zero attached hydrogens (tertiary/aromatic N) is 2. The minimum absolute atomic E-state index is 0. The van der Waals surface area contributed by atoms with Gasteiger partial charge in [-0.05, 0) is 50.9 Å². The number of ether oxygens (including phenoxy) is 2. The number of hydrogen-bond acceptors (Lipinski definition) is 4. The molecule has 7 heteroatoms. The number of aliphatic imine (C=N–C) groups is 1. The molecule has 1 aromatic rings. The second kappa shape index (κ2) is 14.9. The SMILES string of the molecule is CCCNC(=NCc1cccc(OCCN(C)C2CCOCC2)c1)NCC.I. The average molecular weight is 504 g/mol. The van der Waals surface area contributed by atoms with Gasteiger partial charge in [0.25, 0.3) is 0 Å². The van der Waals surface area contributed by atoms with Crippen LogP contribution in [0.4, 0.5) is 0 Å². The normalized spacial score (nSPS) is 15.2. The van der Waals surface area contributed by atoms with Crippen LogP contribution in [0, 0.1) is 0 Å². The van der Waals surface area contributed by atoms with Crippen LogP contribution in [-0.2, 0) is 11.3 Å². The van der Waals surface area contributed by atoms with Gasteiger partial charge in [0.15, 0.2) is 5.96 Å². The van der Waals surface area contributed by atoms with Crippen LogP contribution in [0.2, 0.25) is 0 Å². The fourth-order valence-corrected chi connectivity index (χ4v) is 3.11. The lowest BCUT2D eigenvalue weighted by molar-refractivity contribution is 0.0392. The van der Waals surface area contributed by atoms with Crippen molar-refractivity contribution in [1.29, 1.82) is 0 Å². The molecular weight excluding hydrogens is 467 g/mol. The zero-order chi connectivity index (χ0) is 19.3. The molecule has 1 saturated heterocycles. The first kappa shape index (κ1) is 25.0. The lowest BCUT2D eigenvalue weighted by atomic mass is 10.1. The molecule has 0 bridgehead atoms. The zero-order valence-corrected chi connectivity index (χ0v) is 19.9. The van der Waals surface area contributed by atoms with E-state index < -0.39 is 0 Å². The van der Waals surface area contributed by atoms with Gasteiger partial charge < -0.3 is 20.1 Å². The summed E-state index contributed by atoms with van der Waals surface area (Å²) in [5.74, 6) is 1.78. The predicted octanol–water partition coefficient (Wildman–Crippen LogP) is 3.26. The van der Waals surface area contributed by atoms with Gasteiger partial charge in [0.2, 0.25) is 0 Å². The van der Waals surface area contributed by atoms with Crippen LogP contribution in [0.15, 0.2) is 29.3 Å². The minimum Gasteiger partial charge on any atom is -0.492 e. The number of nitrogens with one attached hydrogen (secondary N) is 2. The Kier molecular flexibility index (Phi) is 13.3. The van der Waals surface area contributed by atoms with E-state index in [0.29, 0.717) is 19.2 Å². The molecule has 2 rings (SSSR count). The maximum Gasteiger partial charge on any atom is 0.191 e. The Hall–Kier alpha value is -1.06. The standard InChI is InChI=1S/C21H36N4O2.HI/c1-4-11-23-21(22-5-2)24-17-18-7-6-8-20(16-18)27-15-12-25(3)19-9-13-26-14-10-19;/h6-8,16,19H,4-5,9-15,17H2,1-3H3,(H2,22,23,24);1H. The highest BCUT2D eigenvalue weighted by molar-refractivity contribution is 14.0. The molecule has 1 aliphatic rings. The van der Waals surface area contributed by atoms with Crippen LogP contribution in [0.1, 0.15) is 38.7 Å². The van der Waals surface area contributed by atoms with E-state index in [1.165, 1.54) is 0 Å². The van der Waals surface area contributed by atoms with E-state index in [4.69, 9.17) is 9.47 Å². The number of guanidine groups is 1. The third kappa shape index (κ3) is 9.43. The van der Waals surface area contributed by atoms with Crippen molar-refractivity contribution in [3.8, 4) is 5.75 Å². The van der Waals surface area contributed by atoms with Crippen LogP contribution < -0.4 is 15.4 Å². The summed E-state index contributed by atoms with van der Waals surface area (Å²) >= 11 is 0. The largest absolute Gasteiger partial charge is 0.492 e. The van der Waals surface area contributed by atoms with E-state index >= 15 is 0 Å². The maximum absolute atomic E-state index is 5.97. The quantitative estimate of drug-likeness (QED) is 0.291. The van der Waals surface area contributed by atoms with E-state index in [1.54, 1.807) is 0 Å². The molecule has 0 unspecified atom stereocenters. The third-order valence-electron chi connectivity index (χ3n) is 4.73. The molecule has 0 atom stereocenters. The van der Waals surface area contributed by atoms with E-state index in [0.717, 1.165) is 69.4 Å². The van der Waals surface area contributed by atoms with Gasteiger partial charge in [0.05, 0.1) is 6.54 Å². The number of hydrogen-bond donors (Lipinski definition) is 2. The lowest BCUT2D eigenvalue weighted by Crippen LogP contribution is -2.38. The van der Waals surface area contributed by atoms with Crippen LogP contribution in [0.25, 0.3) is 0 Å². The van der Waals surface area contributed by atoms with Crippen molar-refractivity contribution in [2.24, 2.45) is 4.99 Å². The molecule has 0 amide bonds. The molecule has 160 valence electrons. The monoisotopic (exact) mass is 504 g/mol. The van der Waals surface area contributed by atoms with Gasteiger partial charge in [-0.15, -0.1) is 24.0 Å². The molecule has 2 N–H and O–H groups in total. The van der Waals surface area contributed by atoms with Crippen molar-refractivity contribution in [3.05, 3.63) is 29.8 Å².